The van der Waals surface area contributed by atoms with Crippen LogP contribution in [0.1, 0.15) is 17.5 Å². The molecule has 22 heavy (non-hydrogen) atoms. The van der Waals surface area contributed by atoms with Gasteiger partial charge in [-0.25, -0.2) is 4.79 Å². The standard InChI is InChI=1S/C19H21NO2/c1-2-9-18(14-16-10-5-3-6-11-16)20-19(21)22-15-17-12-7-4-8-13-17/h2-8,10-13,18H,1,9,14-15H2,(H,20,21). The second kappa shape index (κ2) is 8.67. The molecule has 0 aliphatic rings. The van der Waals surface area contributed by atoms with Crippen LogP contribution in [0.5, 0.6) is 0 Å². The van der Waals surface area contributed by atoms with Gasteiger partial charge in [-0.1, -0.05) is 66.7 Å². The number of rotatable bonds is 7. The number of amides is 1. The largest absolute Gasteiger partial charge is 0.445 e. The summed E-state index contributed by atoms with van der Waals surface area (Å²) < 4.78 is 5.26. The average molecular weight is 295 g/mol. The van der Waals surface area contributed by atoms with E-state index in [0.717, 1.165) is 12.0 Å². The molecule has 1 unspecified atom stereocenters. The van der Waals surface area contributed by atoms with Gasteiger partial charge in [0.25, 0.3) is 0 Å². The summed E-state index contributed by atoms with van der Waals surface area (Å²) in [6, 6.07) is 19.7. The van der Waals surface area contributed by atoms with Crippen molar-refractivity contribution in [3.8, 4) is 0 Å². The molecule has 0 heterocycles. The molecule has 3 nitrogen and oxygen atoms in total. The summed E-state index contributed by atoms with van der Waals surface area (Å²) in [5.41, 5.74) is 2.15. The van der Waals surface area contributed by atoms with E-state index in [4.69, 9.17) is 4.74 Å². The molecule has 2 aromatic carbocycles. The van der Waals surface area contributed by atoms with Crippen molar-refractivity contribution in [3.63, 3.8) is 0 Å². The molecule has 2 aromatic rings. The minimum Gasteiger partial charge on any atom is -0.445 e. The monoisotopic (exact) mass is 295 g/mol. The Bertz CT molecular complexity index is 581. The van der Waals surface area contributed by atoms with Gasteiger partial charge in [0.15, 0.2) is 0 Å². The summed E-state index contributed by atoms with van der Waals surface area (Å²) in [7, 11) is 0. The van der Waals surface area contributed by atoms with Crippen molar-refractivity contribution < 1.29 is 9.53 Å². The van der Waals surface area contributed by atoms with E-state index < -0.39 is 6.09 Å². The molecule has 114 valence electrons. The zero-order valence-corrected chi connectivity index (χ0v) is 12.6. The molecule has 1 atom stereocenters. The van der Waals surface area contributed by atoms with Gasteiger partial charge in [-0.3, -0.25) is 0 Å². The first-order valence-corrected chi connectivity index (χ1v) is 7.40. The molecule has 2 rings (SSSR count). The van der Waals surface area contributed by atoms with Gasteiger partial charge in [0, 0.05) is 6.04 Å². The number of alkyl carbamates (subject to hydrolysis) is 1. The highest BCUT2D eigenvalue weighted by Gasteiger charge is 2.12. The Morgan fingerprint density at radius 2 is 1.64 bits per heavy atom. The number of nitrogens with one attached hydrogen (secondary N) is 1. The third-order valence-corrected chi connectivity index (χ3v) is 3.31. The van der Waals surface area contributed by atoms with Crippen LogP contribution in [0.15, 0.2) is 73.3 Å². The third-order valence-electron chi connectivity index (χ3n) is 3.31. The van der Waals surface area contributed by atoms with Crippen molar-refractivity contribution in [2.75, 3.05) is 0 Å². The molecular weight excluding hydrogens is 274 g/mol. The van der Waals surface area contributed by atoms with Crippen LogP contribution in [0, 0.1) is 0 Å². The SMILES string of the molecule is C=CCC(Cc1ccccc1)NC(=O)OCc1ccccc1. The Balaban J connectivity index is 1.84. The van der Waals surface area contributed by atoms with Crippen LogP contribution in [0.3, 0.4) is 0 Å². The molecule has 3 heteroatoms. The van der Waals surface area contributed by atoms with Crippen LogP contribution in [0.25, 0.3) is 0 Å². The molecule has 0 bridgehead atoms. The lowest BCUT2D eigenvalue weighted by Gasteiger charge is -2.17. The van der Waals surface area contributed by atoms with Crippen LogP contribution >= 0.6 is 0 Å². The zero-order valence-electron chi connectivity index (χ0n) is 12.6. The predicted molar refractivity (Wildman–Crippen MR) is 88.5 cm³/mol. The van der Waals surface area contributed by atoms with Gasteiger partial charge in [-0.2, -0.15) is 0 Å². The Morgan fingerprint density at radius 1 is 1.05 bits per heavy atom. The number of hydrogen-bond donors (Lipinski definition) is 1. The summed E-state index contributed by atoms with van der Waals surface area (Å²) in [5.74, 6) is 0. The van der Waals surface area contributed by atoms with Crippen LogP contribution in [-0.2, 0) is 17.8 Å². The van der Waals surface area contributed by atoms with E-state index in [0.29, 0.717) is 6.42 Å². The van der Waals surface area contributed by atoms with E-state index >= 15 is 0 Å². The molecular formula is C19H21NO2. The smallest absolute Gasteiger partial charge is 0.407 e. The van der Waals surface area contributed by atoms with E-state index in [1.54, 1.807) is 0 Å². The fourth-order valence-corrected chi connectivity index (χ4v) is 2.22. The Morgan fingerprint density at radius 3 is 2.23 bits per heavy atom. The van der Waals surface area contributed by atoms with Crippen molar-refractivity contribution in [1.82, 2.24) is 5.32 Å². The first kappa shape index (κ1) is 15.8. The number of carbonyl (C=O) groups is 1. The normalized spacial score (nSPS) is 11.5. The lowest BCUT2D eigenvalue weighted by Crippen LogP contribution is -2.36. The van der Waals surface area contributed by atoms with Crippen molar-refractivity contribution >= 4 is 6.09 Å². The van der Waals surface area contributed by atoms with Crippen molar-refractivity contribution in [3.05, 3.63) is 84.4 Å². The maximum atomic E-state index is 11.9. The average Bonchev–Trinajstić information content (AvgIpc) is 2.55. The zero-order chi connectivity index (χ0) is 15.6. The molecule has 0 spiro atoms. The predicted octanol–water partition coefficient (Wildman–Crippen LogP) is 4.10. The highest BCUT2D eigenvalue weighted by atomic mass is 16.5. The van der Waals surface area contributed by atoms with Gasteiger partial charge in [0.05, 0.1) is 0 Å². The Hall–Kier alpha value is -2.55. The minimum absolute atomic E-state index is 0.0110. The lowest BCUT2D eigenvalue weighted by molar-refractivity contribution is 0.135. The number of benzene rings is 2. The second-order valence-corrected chi connectivity index (χ2v) is 5.12. The summed E-state index contributed by atoms with van der Waals surface area (Å²) in [6.07, 6.45) is 2.87. The third kappa shape index (κ3) is 5.44. The van der Waals surface area contributed by atoms with E-state index in [-0.39, 0.29) is 12.6 Å². The van der Waals surface area contributed by atoms with Gasteiger partial charge in [-0.15, -0.1) is 6.58 Å². The fraction of sp³-hybridized carbons (Fsp3) is 0.211. The second-order valence-electron chi connectivity index (χ2n) is 5.12. The van der Waals surface area contributed by atoms with E-state index in [1.807, 2.05) is 66.7 Å². The Labute approximate surface area is 131 Å². The topological polar surface area (TPSA) is 38.3 Å². The van der Waals surface area contributed by atoms with Crippen molar-refractivity contribution in [2.24, 2.45) is 0 Å². The molecule has 1 amide bonds. The van der Waals surface area contributed by atoms with Gasteiger partial charge in [0.1, 0.15) is 6.61 Å². The molecule has 0 aromatic heterocycles. The van der Waals surface area contributed by atoms with Gasteiger partial charge in [-0.05, 0) is 24.0 Å². The van der Waals surface area contributed by atoms with E-state index in [2.05, 4.69) is 11.9 Å². The maximum Gasteiger partial charge on any atom is 0.407 e. The first-order valence-electron chi connectivity index (χ1n) is 7.40. The molecule has 0 radical (unpaired) electrons. The van der Waals surface area contributed by atoms with Crippen molar-refractivity contribution in [2.45, 2.75) is 25.5 Å². The summed E-state index contributed by atoms with van der Waals surface area (Å²) >= 11 is 0. The molecule has 1 N–H and O–H groups in total. The van der Waals surface area contributed by atoms with Gasteiger partial charge in [0.2, 0.25) is 0 Å². The number of carbonyl (C=O) groups excluding carboxylic acids is 1. The quantitative estimate of drug-likeness (QED) is 0.781. The van der Waals surface area contributed by atoms with Crippen LogP contribution in [0.2, 0.25) is 0 Å². The lowest BCUT2D eigenvalue weighted by atomic mass is 10.0. The molecule has 0 saturated heterocycles. The summed E-state index contributed by atoms with van der Waals surface area (Å²) in [4.78, 5) is 11.9. The van der Waals surface area contributed by atoms with Crippen LogP contribution in [0.4, 0.5) is 4.79 Å². The molecule has 0 saturated carbocycles. The van der Waals surface area contributed by atoms with E-state index in [1.165, 1.54) is 5.56 Å². The van der Waals surface area contributed by atoms with Crippen LogP contribution < -0.4 is 5.32 Å². The summed E-state index contributed by atoms with van der Waals surface area (Å²) in [6.45, 7) is 4.03. The highest BCUT2D eigenvalue weighted by molar-refractivity contribution is 5.67. The highest BCUT2D eigenvalue weighted by Crippen LogP contribution is 2.07. The summed E-state index contributed by atoms with van der Waals surface area (Å²) in [5, 5.41) is 2.90. The van der Waals surface area contributed by atoms with Crippen molar-refractivity contribution in [1.29, 1.82) is 0 Å². The number of ether oxygens (including phenoxy) is 1. The van der Waals surface area contributed by atoms with Gasteiger partial charge >= 0.3 is 6.09 Å². The Kier molecular flexibility index (Phi) is 6.24. The molecule has 0 aliphatic heterocycles. The van der Waals surface area contributed by atoms with Gasteiger partial charge < -0.3 is 10.1 Å². The van der Waals surface area contributed by atoms with E-state index in [9.17, 15) is 4.79 Å². The van der Waals surface area contributed by atoms with Crippen LogP contribution in [-0.4, -0.2) is 12.1 Å². The minimum atomic E-state index is -0.397. The molecule has 0 fully saturated rings. The first-order chi connectivity index (χ1) is 10.8. The number of hydrogen-bond acceptors (Lipinski definition) is 2. The fourth-order valence-electron chi connectivity index (χ4n) is 2.22. The maximum absolute atomic E-state index is 11.9. The molecule has 0 aliphatic carbocycles.